The van der Waals surface area contributed by atoms with Crippen LogP contribution < -0.4 is 10.1 Å². The Kier molecular flexibility index (Phi) is 5.38. The number of rotatable bonds is 6. The molecule has 1 fully saturated rings. The average Bonchev–Trinajstić information content (AvgIpc) is 2.45. The van der Waals surface area contributed by atoms with Crippen molar-refractivity contribution in [2.24, 2.45) is 0 Å². The van der Waals surface area contributed by atoms with Crippen LogP contribution >= 0.6 is 0 Å². The van der Waals surface area contributed by atoms with Crippen molar-refractivity contribution in [1.82, 2.24) is 4.90 Å². The van der Waals surface area contributed by atoms with Crippen molar-refractivity contribution in [1.29, 1.82) is 0 Å². The third-order valence-corrected chi connectivity index (χ3v) is 3.61. The summed E-state index contributed by atoms with van der Waals surface area (Å²) in [6.45, 7) is 4.58. The molecule has 0 amide bonds. The first-order valence-corrected chi connectivity index (χ1v) is 7.46. The molecule has 0 aromatic heterocycles. The molecule has 1 atom stereocenters. The molecule has 1 unspecified atom stereocenters. The Labute approximate surface area is 125 Å². The summed E-state index contributed by atoms with van der Waals surface area (Å²) in [7, 11) is 2.11. The minimum Gasteiger partial charge on any atom is -0.487 e. The normalized spacial score (nSPS) is 19.2. The van der Waals surface area contributed by atoms with Gasteiger partial charge in [-0.25, -0.2) is 0 Å². The Morgan fingerprint density at radius 3 is 3.00 bits per heavy atom. The standard InChI is InChI=1S/C15H23N3O3/c1-3-9-21-15-10-12(6-7-14(15)18(19)20)16-13-5-4-8-17(2)11-13/h6-7,10,13,16H,3-5,8-9,11H2,1-2H3. The summed E-state index contributed by atoms with van der Waals surface area (Å²) in [6.07, 6.45) is 3.11. The van der Waals surface area contributed by atoms with Crippen molar-refractivity contribution >= 4 is 11.4 Å². The fraction of sp³-hybridized carbons (Fsp3) is 0.600. The van der Waals surface area contributed by atoms with Crippen LogP contribution in [0.4, 0.5) is 11.4 Å². The van der Waals surface area contributed by atoms with Crippen molar-refractivity contribution in [2.45, 2.75) is 32.2 Å². The molecule has 0 aliphatic carbocycles. The average molecular weight is 293 g/mol. The zero-order valence-corrected chi connectivity index (χ0v) is 12.7. The highest BCUT2D eigenvalue weighted by Crippen LogP contribution is 2.31. The van der Waals surface area contributed by atoms with E-state index in [0.717, 1.165) is 31.6 Å². The predicted molar refractivity (Wildman–Crippen MR) is 83.0 cm³/mol. The maximum Gasteiger partial charge on any atom is 0.311 e. The molecule has 1 aromatic carbocycles. The highest BCUT2D eigenvalue weighted by molar-refractivity contribution is 5.58. The van der Waals surface area contributed by atoms with E-state index in [9.17, 15) is 10.1 Å². The van der Waals surface area contributed by atoms with E-state index in [4.69, 9.17) is 4.74 Å². The van der Waals surface area contributed by atoms with E-state index in [0.29, 0.717) is 18.4 Å². The van der Waals surface area contributed by atoms with Gasteiger partial charge in [0.2, 0.25) is 0 Å². The van der Waals surface area contributed by atoms with E-state index in [-0.39, 0.29) is 5.69 Å². The number of nitrogens with zero attached hydrogens (tertiary/aromatic N) is 2. The first kappa shape index (κ1) is 15.6. The molecular formula is C15H23N3O3. The van der Waals surface area contributed by atoms with E-state index in [1.165, 1.54) is 12.5 Å². The summed E-state index contributed by atoms with van der Waals surface area (Å²) < 4.78 is 5.51. The number of likely N-dealkylation sites (tertiary alicyclic amines) is 1. The Balaban J connectivity index is 2.10. The molecule has 0 bridgehead atoms. The van der Waals surface area contributed by atoms with Crippen molar-refractivity contribution in [3.8, 4) is 5.75 Å². The van der Waals surface area contributed by atoms with Gasteiger partial charge in [-0.15, -0.1) is 0 Å². The number of hydrogen-bond donors (Lipinski definition) is 1. The monoisotopic (exact) mass is 293 g/mol. The van der Waals surface area contributed by atoms with Gasteiger partial charge in [0.05, 0.1) is 11.5 Å². The second-order valence-electron chi connectivity index (χ2n) is 5.53. The molecule has 1 aromatic rings. The summed E-state index contributed by atoms with van der Waals surface area (Å²) in [6, 6.07) is 5.39. The SMILES string of the molecule is CCCOc1cc(NC2CCCN(C)C2)ccc1[N+](=O)[O-]. The van der Waals surface area contributed by atoms with Gasteiger partial charge in [-0.3, -0.25) is 10.1 Å². The van der Waals surface area contributed by atoms with Crippen LogP contribution in [0.3, 0.4) is 0 Å². The van der Waals surface area contributed by atoms with Crippen molar-refractivity contribution in [3.63, 3.8) is 0 Å². The Morgan fingerprint density at radius 2 is 2.33 bits per heavy atom. The zero-order valence-electron chi connectivity index (χ0n) is 12.7. The minimum atomic E-state index is -0.400. The maximum atomic E-state index is 11.0. The van der Waals surface area contributed by atoms with Crippen LogP contribution in [-0.2, 0) is 0 Å². The second-order valence-corrected chi connectivity index (χ2v) is 5.53. The van der Waals surface area contributed by atoms with Crippen LogP contribution in [0, 0.1) is 10.1 Å². The lowest BCUT2D eigenvalue weighted by Gasteiger charge is -2.30. The number of ether oxygens (including phenoxy) is 1. The van der Waals surface area contributed by atoms with Gasteiger partial charge in [0.1, 0.15) is 0 Å². The van der Waals surface area contributed by atoms with Crippen molar-refractivity contribution in [2.75, 3.05) is 32.1 Å². The molecule has 1 aliphatic rings. The Bertz CT molecular complexity index is 493. The highest BCUT2D eigenvalue weighted by atomic mass is 16.6. The van der Waals surface area contributed by atoms with Gasteiger partial charge in [-0.05, 0) is 38.9 Å². The zero-order chi connectivity index (χ0) is 15.2. The van der Waals surface area contributed by atoms with Crippen LogP contribution in [0.2, 0.25) is 0 Å². The first-order chi connectivity index (χ1) is 10.1. The largest absolute Gasteiger partial charge is 0.487 e. The molecule has 1 N–H and O–H groups in total. The number of nitro benzene ring substituents is 1. The minimum absolute atomic E-state index is 0.0229. The number of anilines is 1. The van der Waals surface area contributed by atoms with Crippen molar-refractivity contribution < 1.29 is 9.66 Å². The van der Waals surface area contributed by atoms with Gasteiger partial charge in [-0.2, -0.15) is 0 Å². The number of nitrogens with one attached hydrogen (secondary N) is 1. The predicted octanol–water partition coefficient (Wildman–Crippen LogP) is 2.89. The lowest BCUT2D eigenvalue weighted by atomic mass is 10.1. The number of likely N-dealkylation sites (N-methyl/N-ethyl adjacent to an activating group) is 1. The first-order valence-electron chi connectivity index (χ1n) is 7.46. The van der Waals surface area contributed by atoms with Crippen LogP contribution in [0.15, 0.2) is 18.2 Å². The fourth-order valence-electron chi connectivity index (χ4n) is 2.60. The lowest BCUT2D eigenvalue weighted by molar-refractivity contribution is -0.385. The summed E-state index contributed by atoms with van der Waals surface area (Å²) in [5.74, 6) is 0.344. The number of benzene rings is 1. The molecule has 0 spiro atoms. The summed E-state index contributed by atoms with van der Waals surface area (Å²) >= 11 is 0. The maximum absolute atomic E-state index is 11.0. The Morgan fingerprint density at radius 1 is 1.52 bits per heavy atom. The quantitative estimate of drug-likeness (QED) is 0.645. The molecule has 0 saturated carbocycles. The van der Waals surface area contributed by atoms with Gasteiger partial charge >= 0.3 is 5.69 Å². The lowest BCUT2D eigenvalue weighted by Crippen LogP contribution is -2.39. The fourth-order valence-corrected chi connectivity index (χ4v) is 2.60. The van der Waals surface area contributed by atoms with Crippen LogP contribution in [-0.4, -0.2) is 42.6 Å². The summed E-state index contributed by atoms with van der Waals surface area (Å²) in [5.41, 5.74) is 0.904. The van der Waals surface area contributed by atoms with Crippen LogP contribution in [0.1, 0.15) is 26.2 Å². The molecule has 21 heavy (non-hydrogen) atoms. The number of nitro groups is 1. The molecule has 1 aliphatic heterocycles. The van der Waals surface area contributed by atoms with Gasteiger partial charge in [0.15, 0.2) is 5.75 Å². The van der Waals surface area contributed by atoms with Gasteiger partial charge < -0.3 is 15.0 Å². The smallest absolute Gasteiger partial charge is 0.311 e. The molecule has 6 heteroatoms. The van der Waals surface area contributed by atoms with Gasteiger partial charge in [-0.1, -0.05) is 6.92 Å². The van der Waals surface area contributed by atoms with Gasteiger partial charge in [0.25, 0.3) is 0 Å². The molecule has 0 radical (unpaired) electrons. The summed E-state index contributed by atoms with van der Waals surface area (Å²) in [5, 5.41) is 14.5. The van der Waals surface area contributed by atoms with E-state index < -0.39 is 4.92 Å². The van der Waals surface area contributed by atoms with Gasteiger partial charge in [0, 0.05) is 30.4 Å². The van der Waals surface area contributed by atoms with Crippen molar-refractivity contribution in [3.05, 3.63) is 28.3 Å². The topological polar surface area (TPSA) is 67.6 Å². The Hall–Kier alpha value is -1.82. The molecule has 6 nitrogen and oxygen atoms in total. The van der Waals surface area contributed by atoms with E-state index in [2.05, 4.69) is 17.3 Å². The van der Waals surface area contributed by atoms with E-state index in [1.807, 2.05) is 6.92 Å². The van der Waals surface area contributed by atoms with Crippen LogP contribution in [0.5, 0.6) is 5.75 Å². The highest BCUT2D eigenvalue weighted by Gasteiger charge is 2.19. The molecule has 1 heterocycles. The number of hydrogen-bond acceptors (Lipinski definition) is 5. The van der Waals surface area contributed by atoms with E-state index >= 15 is 0 Å². The molecule has 116 valence electrons. The van der Waals surface area contributed by atoms with E-state index in [1.54, 1.807) is 12.1 Å². The molecular weight excluding hydrogens is 270 g/mol. The third kappa shape index (κ3) is 4.32. The second kappa shape index (κ2) is 7.26. The molecule has 2 rings (SSSR count). The third-order valence-electron chi connectivity index (χ3n) is 3.61. The summed E-state index contributed by atoms with van der Waals surface area (Å²) in [4.78, 5) is 12.9. The van der Waals surface area contributed by atoms with Crippen LogP contribution in [0.25, 0.3) is 0 Å². The molecule has 1 saturated heterocycles. The number of piperidine rings is 1.